The molecule has 1 aliphatic rings. The van der Waals surface area contributed by atoms with E-state index in [1.165, 1.54) is 0 Å². The molecule has 0 spiro atoms. The molecular weight excluding hydrogens is 492 g/mol. The summed E-state index contributed by atoms with van der Waals surface area (Å²) in [4.78, 5) is 38.6. The predicted octanol–water partition coefficient (Wildman–Crippen LogP) is 2.95. The second-order valence-corrected chi connectivity index (χ2v) is 8.30. The Morgan fingerprint density at radius 3 is 1.71 bits per heavy atom. The number of esters is 3. The van der Waals surface area contributed by atoms with Gasteiger partial charge in [0, 0.05) is 0 Å². The van der Waals surface area contributed by atoms with E-state index in [0.29, 0.717) is 5.56 Å². The molecule has 0 aliphatic carbocycles. The summed E-state index contributed by atoms with van der Waals surface area (Å²) in [5.74, 6) is -1.86. The van der Waals surface area contributed by atoms with Crippen LogP contribution in [-0.4, -0.2) is 63.5 Å². The van der Waals surface area contributed by atoms with Crippen molar-refractivity contribution < 1.29 is 33.3 Å². The number of H-pyrrole nitrogens is 1. The molecule has 0 radical (unpaired) electrons. The van der Waals surface area contributed by atoms with Crippen molar-refractivity contribution in [2.75, 3.05) is 6.61 Å². The van der Waals surface area contributed by atoms with Gasteiger partial charge < -0.3 is 18.9 Å². The number of carbonyl (C=O) groups excluding carboxylic acids is 3. The average molecular weight is 514 g/mol. The average Bonchev–Trinajstić information content (AvgIpc) is 3.62. The van der Waals surface area contributed by atoms with Gasteiger partial charge in [0.15, 0.2) is 18.3 Å². The number of hydrogen-bond donors (Lipinski definition) is 1. The van der Waals surface area contributed by atoms with E-state index >= 15 is 0 Å². The Kier molecular flexibility index (Phi) is 7.46. The Hall–Kier alpha value is -4.90. The molecule has 1 unspecified atom stereocenters. The maximum atomic E-state index is 13.0. The molecule has 5 rings (SSSR count). The fourth-order valence-corrected chi connectivity index (χ4v) is 3.98. The fourth-order valence-electron chi connectivity index (χ4n) is 3.98. The number of aromatic amines is 1. The number of rotatable bonds is 8. The lowest BCUT2D eigenvalue weighted by molar-refractivity contribution is -0.0454. The highest BCUT2D eigenvalue weighted by Crippen LogP contribution is 2.37. The van der Waals surface area contributed by atoms with E-state index in [9.17, 15) is 14.4 Å². The maximum Gasteiger partial charge on any atom is 0.338 e. The van der Waals surface area contributed by atoms with E-state index in [1.807, 2.05) is 0 Å². The van der Waals surface area contributed by atoms with E-state index in [0.717, 1.165) is 0 Å². The van der Waals surface area contributed by atoms with Crippen molar-refractivity contribution in [1.82, 2.24) is 20.6 Å². The molecule has 2 heterocycles. The SMILES string of the molecule is O=C(OC[C@H]1OC(c2nn[nH]n2)[C@H](OC(=O)c2ccccc2)[C@@H]1OC(=O)c1ccccc1)c1ccccc1. The Labute approximate surface area is 216 Å². The lowest BCUT2D eigenvalue weighted by Gasteiger charge is -2.24. The van der Waals surface area contributed by atoms with Crippen LogP contribution in [0.25, 0.3) is 0 Å². The Morgan fingerprint density at radius 2 is 1.21 bits per heavy atom. The standard InChI is InChI=1S/C27H22N4O7/c32-25(17-10-4-1-5-11-17)35-16-20-21(37-26(33)18-12-6-2-7-13-18)22(23(36-20)24-28-30-31-29-24)38-27(34)19-14-8-3-9-15-19/h1-15,20-23H,16H2,(H,28,29,30,31)/t20-,21-,22-,23?/m1/s1. The highest BCUT2D eigenvalue weighted by atomic mass is 16.6. The zero-order valence-electron chi connectivity index (χ0n) is 19.9. The number of aromatic nitrogens is 4. The maximum absolute atomic E-state index is 13.0. The quantitative estimate of drug-likeness (QED) is 0.275. The van der Waals surface area contributed by atoms with Crippen LogP contribution < -0.4 is 0 Å². The fraction of sp³-hybridized carbons (Fsp3) is 0.185. The van der Waals surface area contributed by atoms with Crippen LogP contribution in [-0.2, 0) is 18.9 Å². The first-order valence-electron chi connectivity index (χ1n) is 11.7. The molecule has 3 aromatic carbocycles. The second-order valence-electron chi connectivity index (χ2n) is 8.30. The summed E-state index contributed by atoms with van der Waals surface area (Å²) in [6.45, 7) is -0.297. The molecule has 38 heavy (non-hydrogen) atoms. The third kappa shape index (κ3) is 5.57. The molecule has 1 aromatic heterocycles. The van der Waals surface area contributed by atoms with Gasteiger partial charge in [0.05, 0.1) is 16.7 Å². The molecule has 0 saturated carbocycles. The van der Waals surface area contributed by atoms with Gasteiger partial charge in [0.25, 0.3) is 0 Å². The normalized spacial score (nSPS) is 20.4. The molecule has 1 aliphatic heterocycles. The Balaban J connectivity index is 1.43. The van der Waals surface area contributed by atoms with Gasteiger partial charge in [-0.15, -0.1) is 10.2 Å². The number of ether oxygens (including phenoxy) is 4. The zero-order chi connectivity index (χ0) is 26.3. The first-order valence-corrected chi connectivity index (χ1v) is 11.7. The van der Waals surface area contributed by atoms with Gasteiger partial charge >= 0.3 is 17.9 Å². The summed E-state index contributed by atoms with van der Waals surface area (Å²) in [5.41, 5.74) is 0.903. The third-order valence-electron chi connectivity index (χ3n) is 5.82. The summed E-state index contributed by atoms with van der Waals surface area (Å²) in [6, 6.07) is 25.0. The van der Waals surface area contributed by atoms with Crippen molar-refractivity contribution in [2.24, 2.45) is 0 Å². The van der Waals surface area contributed by atoms with E-state index in [1.54, 1.807) is 91.0 Å². The van der Waals surface area contributed by atoms with Crippen LogP contribution >= 0.6 is 0 Å². The molecule has 4 atom stereocenters. The molecule has 1 saturated heterocycles. The first kappa shape index (κ1) is 24.8. The smallest absolute Gasteiger partial charge is 0.338 e. The number of nitrogens with zero attached hydrogens (tertiary/aromatic N) is 3. The van der Waals surface area contributed by atoms with Crippen LogP contribution in [0.1, 0.15) is 43.0 Å². The van der Waals surface area contributed by atoms with Crippen molar-refractivity contribution >= 4 is 17.9 Å². The Morgan fingerprint density at radius 1 is 0.711 bits per heavy atom. The van der Waals surface area contributed by atoms with Gasteiger partial charge in [-0.1, -0.05) is 59.8 Å². The molecule has 4 aromatic rings. The van der Waals surface area contributed by atoms with Crippen LogP contribution in [0.4, 0.5) is 0 Å². The molecule has 0 bridgehead atoms. The summed E-state index contributed by atoms with van der Waals surface area (Å²) < 4.78 is 23.2. The minimum Gasteiger partial charge on any atom is -0.459 e. The summed E-state index contributed by atoms with van der Waals surface area (Å²) in [7, 11) is 0. The lowest BCUT2D eigenvalue weighted by Crippen LogP contribution is -2.41. The third-order valence-corrected chi connectivity index (χ3v) is 5.82. The molecular formula is C27H22N4O7. The number of carbonyl (C=O) groups is 3. The van der Waals surface area contributed by atoms with Crippen molar-refractivity contribution in [3.8, 4) is 0 Å². The van der Waals surface area contributed by atoms with Crippen LogP contribution in [0.5, 0.6) is 0 Å². The van der Waals surface area contributed by atoms with E-state index in [4.69, 9.17) is 18.9 Å². The number of benzene rings is 3. The van der Waals surface area contributed by atoms with Crippen molar-refractivity contribution in [1.29, 1.82) is 0 Å². The zero-order valence-corrected chi connectivity index (χ0v) is 19.9. The molecule has 192 valence electrons. The first-order chi connectivity index (χ1) is 18.6. The molecule has 11 heteroatoms. The van der Waals surface area contributed by atoms with Crippen LogP contribution in [0.2, 0.25) is 0 Å². The molecule has 11 nitrogen and oxygen atoms in total. The van der Waals surface area contributed by atoms with Gasteiger partial charge in [-0.05, 0) is 36.4 Å². The largest absolute Gasteiger partial charge is 0.459 e. The number of tetrazole rings is 1. The van der Waals surface area contributed by atoms with E-state index in [2.05, 4.69) is 20.6 Å². The number of nitrogens with one attached hydrogen (secondary N) is 1. The highest BCUT2D eigenvalue weighted by molar-refractivity contribution is 5.91. The minimum atomic E-state index is -1.17. The predicted molar refractivity (Wildman–Crippen MR) is 130 cm³/mol. The lowest BCUT2D eigenvalue weighted by atomic mass is 10.1. The van der Waals surface area contributed by atoms with Crippen LogP contribution in [0.15, 0.2) is 91.0 Å². The van der Waals surface area contributed by atoms with Gasteiger partial charge in [-0.25, -0.2) is 14.4 Å². The summed E-state index contributed by atoms with van der Waals surface area (Å²) in [5, 5.41) is 13.8. The van der Waals surface area contributed by atoms with Crippen LogP contribution in [0, 0.1) is 0 Å². The monoisotopic (exact) mass is 514 g/mol. The number of hydrogen-bond acceptors (Lipinski definition) is 10. The summed E-state index contributed by atoms with van der Waals surface area (Å²) >= 11 is 0. The topological polar surface area (TPSA) is 143 Å². The van der Waals surface area contributed by atoms with Crippen molar-refractivity contribution in [2.45, 2.75) is 24.4 Å². The summed E-state index contributed by atoms with van der Waals surface area (Å²) in [6.07, 6.45) is -4.40. The minimum absolute atomic E-state index is 0.0773. The second kappa shape index (κ2) is 11.4. The van der Waals surface area contributed by atoms with Gasteiger partial charge in [-0.3, -0.25) is 0 Å². The van der Waals surface area contributed by atoms with Crippen molar-refractivity contribution in [3.05, 3.63) is 114 Å². The van der Waals surface area contributed by atoms with Crippen molar-refractivity contribution in [3.63, 3.8) is 0 Å². The Bertz CT molecular complexity index is 1370. The highest BCUT2D eigenvalue weighted by Gasteiger charge is 2.52. The molecule has 1 fully saturated rings. The van der Waals surface area contributed by atoms with E-state index in [-0.39, 0.29) is 23.6 Å². The van der Waals surface area contributed by atoms with Gasteiger partial charge in [0.1, 0.15) is 12.7 Å². The molecule has 0 amide bonds. The van der Waals surface area contributed by atoms with Gasteiger partial charge in [-0.2, -0.15) is 5.21 Å². The van der Waals surface area contributed by atoms with Gasteiger partial charge in [0.2, 0.25) is 5.82 Å². The van der Waals surface area contributed by atoms with E-state index < -0.39 is 42.3 Å². The van der Waals surface area contributed by atoms with Crippen LogP contribution in [0.3, 0.4) is 0 Å². The molecule has 1 N–H and O–H groups in total.